The summed E-state index contributed by atoms with van der Waals surface area (Å²) in [4.78, 5) is 11.2. The molecule has 0 spiro atoms. The number of fused-ring (bicyclic) bond motifs is 1. The average Bonchev–Trinajstić information content (AvgIpc) is 2.31. The zero-order chi connectivity index (χ0) is 7.84. The summed E-state index contributed by atoms with van der Waals surface area (Å²) in [6, 6.07) is 0.205. The Morgan fingerprint density at radius 2 is 2.36 bits per heavy atom. The number of carbonyl (C=O) groups excluding carboxylic acids is 1. The first-order valence-electron chi connectivity index (χ1n) is 3.88. The summed E-state index contributed by atoms with van der Waals surface area (Å²) in [5.41, 5.74) is 0. The monoisotopic (exact) mass is 219 g/mol. The summed E-state index contributed by atoms with van der Waals surface area (Å²) in [6.45, 7) is 0. The van der Waals surface area contributed by atoms with Gasteiger partial charge in [-0.05, 0) is 19.3 Å². The quantitative estimate of drug-likeness (QED) is 0.627. The number of carbonyl (C=O) groups is 1. The lowest BCUT2D eigenvalue weighted by atomic mass is 9.93. The lowest BCUT2D eigenvalue weighted by Gasteiger charge is -2.26. The van der Waals surface area contributed by atoms with Crippen LogP contribution in [0, 0.1) is 0 Å². The molecule has 1 saturated heterocycles. The van der Waals surface area contributed by atoms with Crippen LogP contribution in [0.4, 0.5) is 4.79 Å². The van der Waals surface area contributed by atoms with Crippen molar-refractivity contribution in [2.45, 2.75) is 36.2 Å². The fourth-order valence-electron chi connectivity index (χ4n) is 1.73. The van der Waals surface area contributed by atoms with Crippen molar-refractivity contribution < 1.29 is 9.53 Å². The highest BCUT2D eigenvalue weighted by Gasteiger charge is 2.40. The number of alkyl halides is 1. The Labute approximate surface area is 73.6 Å². The van der Waals surface area contributed by atoms with Crippen molar-refractivity contribution in [3.63, 3.8) is 0 Å². The normalized spacial score (nSPS) is 42.6. The van der Waals surface area contributed by atoms with Crippen LogP contribution in [0.5, 0.6) is 0 Å². The van der Waals surface area contributed by atoms with Crippen LogP contribution in [0.1, 0.15) is 19.3 Å². The topological polar surface area (TPSA) is 38.3 Å². The van der Waals surface area contributed by atoms with Gasteiger partial charge in [0.1, 0.15) is 6.10 Å². The number of rotatable bonds is 0. The predicted octanol–water partition coefficient (Wildman–Crippen LogP) is 1.41. The van der Waals surface area contributed by atoms with E-state index in [0.29, 0.717) is 4.83 Å². The molecule has 0 bridgehead atoms. The molecule has 4 heteroatoms. The third kappa shape index (κ3) is 1.24. The Kier molecular flexibility index (Phi) is 1.79. The minimum Gasteiger partial charge on any atom is -0.444 e. The lowest BCUT2D eigenvalue weighted by Crippen LogP contribution is -2.42. The summed E-state index contributed by atoms with van der Waals surface area (Å²) >= 11 is 3.53. The molecule has 1 N–H and O–H groups in total. The van der Waals surface area contributed by atoms with Crippen LogP contribution in [0.3, 0.4) is 0 Å². The molecule has 1 amide bonds. The van der Waals surface area contributed by atoms with Gasteiger partial charge in [0.15, 0.2) is 0 Å². The summed E-state index contributed by atoms with van der Waals surface area (Å²) in [7, 11) is 0. The number of hydrogen-bond donors (Lipinski definition) is 1. The van der Waals surface area contributed by atoms with Gasteiger partial charge in [0.05, 0.1) is 6.04 Å². The van der Waals surface area contributed by atoms with Crippen LogP contribution in [0.2, 0.25) is 0 Å². The number of nitrogens with one attached hydrogen (secondary N) is 1. The van der Waals surface area contributed by atoms with Crippen LogP contribution in [-0.4, -0.2) is 23.1 Å². The van der Waals surface area contributed by atoms with Crippen molar-refractivity contribution in [3.05, 3.63) is 0 Å². The van der Waals surface area contributed by atoms with Gasteiger partial charge in [-0.3, -0.25) is 0 Å². The number of alkyl carbamates (subject to hydrolysis) is 1. The van der Waals surface area contributed by atoms with Gasteiger partial charge < -0.3 is 10.1 Å². The van der Waals surface area contributed by atoms with E-state index in [-0.39, 0.29) is 18.2 Å². The molecule has 0 aromatic rings. The molecule has 1 heterocycles. The number of ether oxygens (including phenoxy) is 1. The molecule has 1 aliphatic carbocycles. The summed E-state index contributed by atoms with van der Waals surface area (Å²) < 4.78 is 5.06. The number of hydrogen-bond acceptors (Lipinski definition) is 2. The van der Waals surface area contributed by atoms with Crippen molar-refractivity contribution in [3.8, 4) is 0 Å². The van der Waals surface area contributed by atoms with Gasteiger partial charge in [-0.2, -0.15) is 0 Å². The second-order valence-corrected chi connectivity index (χ2v) is 4.24. The summed E-state index contributed by atoms with van der Waals surface area (Å²) in [5.74, 6) is 0. The minimum atomic E-state index is -0.258. The molecule has 0 aromatic carbocycles. The Morgan fingerprint density at radius 1 is 1.55 bits per heavy atom. The maximum Gasteiger partial charge on any atom is 0.407 e. The van der Waals surface area contributed by atoms with Crippen LogP contribution in [0.25, 0.3) is 0 Å². The molecule has 0 radical (unpaired) electrons. The van der Waals surface area contributed by atoms with Crippen molar-refractivity contribution in [2.24, 2.45) is 0 Å². The molecule has 0 unspecified atom stereocenters. The van der Waals surface area contributed by atoms with E-state index < -0.39 is 0 Å². The van der Waals surface area contributed by atoms with Gasteiger partial charge in [-0.15, -0.1) is 0 Å². The molecule has 3 atom stereocenters. The van der Waals surface area contributed by atoms with Crippen molar-refractivity contribution >= 4 is 22.0 Å². The summed E-state index contributed by atoms with van der Waals surface area (Å²) in [6.07, 6.45) is 3.13. The van der Waals surface area contributed by atoms with Crippen molar-refractivity contribution in [1.82, 2.24) is 5.32 Å². The maximum atomic E-state index is 10.8. The zero-order valence-corrected chi connectivity index (χ0v) is 7.63. The number of halogens is 1. The Hall–Kier alpha value is -0.250. The predicted molar refractivity (Wildman–Crippen MR) is 43.8 cm³/mol. The molecule has 1 aliphatic heterocycles. The van der Waals surface area contributed by atoms with E-state index in [2.05, 4.69) is 21.2 Å². The molecule has 62 valence electrons. The van der Waals surface area contributed by atoms with E-state index in [9.17, 15) is 4.79 Å². The zero-order valence-electron chi connectivity index (χ0n) is 6.05. The molecule has 3 nitrogen and oxygen atoms in total. The summed E-state index contributed by atoms with van der Waals surface area (Å²) in [5, 5.41) is 2.80. The highest BCUT2D eigenvalue weighted by atomic mass is 79.9. The second kappa shape index (κ2) is 2.66. The minimum absolute atomic E-state index is 0.112. The van der Waals surface area contributed by atoms with Crippen molar-refractivity contribution in [1.29, 1.82) is 0 Å². The lowest BCUT2D eigenvalue weighted by molar-refractivity contribution is 0.115. The van der Waals surface area contributed by atoms with Gasteiger partial charge in [0, 0.05) is 4.83 Å². The standard InChI is InChI=1S/C7H10BrNO2/c8-4-2-1-3-5-6(4)9-7(10)11-5/h4-6H,1-3H2,(H,9,10)/t4-,5-,6+/m1/s1. The van der Waals surface area contributed by atoms with Crippen LogP contribution in [0.15, 0.2) is 0 Å². The Bertz CT molecular complexity index is 185. The molecule has 0 aromatic heterocycles. The SMILES string of the molecule is O=C1N[C@H]2[C@H](Br)CCC[C@H]2O1. The molecule has 1 saturated carbocycles. The third-order valence-corrected chi connectivity index (χ3v) is 3.33. The van der Waals surface area contributed by atoms with Crippen LogP contribution >= 0.6 is 15.9 Å². The Balaban J connectivity index is 2.09. The van der Waals surface area contributed by atoms with Crippen molar-refractivity contribution in [2.75, 3.05) is 0 Å². The van der Waals surface area contributed by atoms with Gasteiger partial charge in [-0.1, -0.05) is 15.9 Å². The molecular formula is C7H10BrNO2. The van der Waals surface area contributed by atoms with E-state index in [1.54, 1.807) is 0 Å². The fraction of sp³-hybridized carbons (Fsp3) is 0.857. The Morgan fingerprint density at radius 3 is 3.09 bits per heavy atom. The first-order valence-corrected chi connectivity index (χ1v) is 4.80. The van der Waals surface area contributed by atoms with Crippen LogP contribution in [-0.2, 0) is 4.74 Å². The van der Waals surface area contributed by atoms with Crippen LogP contribution < -0.4 is 5.32 Å². The maximum absolute atomic E-state index is 10.8. The highest BCUT2D eigenvalue weighted by molar-refractivity contribution is 9.09. The van der Waals surface area contributed by atoms with E-state index in [0.717, 1.165) is 19.3 Å². The first kappa shape index (κ1) is 7.40. The number of amides is 1. The average molecular weight is 220 g/mol. The van der Waals surface area contributed by atoms with Gasteiger partial charge in [0.2, 0.25) is 0 Å². The van der Waals surface area contributed by atoms with E-state index >= 15 is 0 Å². The molecule has 11 heavy (non-hydrogen) atoms. The molecule has 2 fully saturated rings. The van der Waals surface area contributed by atoms with Gasteiger partial charge in [-0.25, -0.2) is 4.79 Å². The highest BCUT2D eigenvalue weighted by Crippen LogP contribution is 2.29. The third-order valence-electron chi connectivity index (χ3n) is 2.30. The van der Waals surface area contributed by atoms with E-state index in [1.807, 2.05) is 0 Å². The first-order chi connectivity index (χ1) is 5.27. The fourth-order valence-corrected chi connectivity index (χ4v) is 2.53. The van der Waals surface area contributed by atoms with Gasteiger partial charge in [0.25, 0.3) is 0 Å². The smallest absolute Gasteiger partial charge is 0.407 e. The van der Waals surface area contributed by atoms with Gasteiger partial charge >= 0.3 is 6.09 Å². The molecule has 2 rings (SSSR count). The van der Waals surface area contributed by atoms with E-state index in [1.165, 1.54) is 0 Å². The largest absolute Gasteiger partial charge is 0.444 e. The second-order valence-electron chi connectivity index (χ2n) is 3.06. The molecular weight excluding hydrogens is 210 g/mol. The molecule has 2 aliphatic rings. The van der Waals surface area contributed by atoms with E-state index in [4.69, 9.17) is 4.74 Å².